The van der Waals surface area contributed by atoms with Crippen molar-refractivity contribution in [2.45, 2.75) is 19.1 Å². The van der Waals surface area contributed by atoms with E-state index < -0.39 is 0 Å². The molecular formula is C26H30N4O2. The lowest BCUT2D eigenvalue weighted by Gasteiger charge is -2.22. The Hall–Kier alpha value is -3.22. The zero-order chi connectivity index (χ0) is 22.3. The van der Waals surface area contributed by atoms with E-state index in [2.05, 4.69) is 27.3 Å². The van der Waals surface area contributed by atoms with E-state index in [0.29, 0.717) is 18.8 Å². The molecule has 0 fully saturated rings. The quantitative estimate of drug-likeness (QED) is 0.584. The van der Waals surface area contributed by atoms with Gasteiger partial charge >= 0.3 is 0 Å². The highest BCUT2D eigenvalue weighted by Gasteiger charge is 2.27. The topological polar surface area (TPSA) is 57.7 Å². The lowest BCUT2D eigenvalue weighted by atomic mass is 10.1. The van der Waals surface area contributed by atoms with Gasteiger partial charge in [-0.1, -0.05) is 42.5 Å². The van der Waals surface area contributed by atoms with Crippen LogP contribution in [0.15, 0.2) is 72.9 Å². The van der Waals surface area contributed by atoms with Crippen LogP contribution in [0.2, 0.25) is 0 Å². The second-order valence-electron chi connectivity index (χ2n) is 8.02. The normalized spacial score (nSPS) is 14.8. The summed E-state index contributed by atoms with van der Waals surface area (Å²) >= 11 is 0. The van der Waals surface area contributed by atoms with Gasteiger partial charge in [-0.05, 0) is 55.4 Å². The molecule has 6 heteroatoms. The highest BCUT2D eigenvalue weighted by atomic mass is 16.5. The van der Waals surface area contributed by atoms with Gasteiger partial charge in [0, 0.05) is 32.0 Å². The number of carbonyl (C=O) groups is 1. The number of nitrogens with zero attached hydrogens (tertiary/aromatic N) is 3. The van der Waals surface area contributed by atoms with Crippen LogP contribution in [-0.2, 0) is 11.3 Å². The maximum atomic E-state index is 13.3. The minimum absolute atomic E-state index is 0.0110. The number of aromatic nitrogens is 1. The molecule has 0 bridgehead atoms. The van der Waals surface area contributed by atoms with Crippen molar-refractivity contribution in [1.82, 2.24) is 10.3 Å². The van der Waals surface area contributed by atoms with E-state index in [0.717, 1.165) is 36.4 Å². The van der Waals surface area contributed by atoms with Crippen LogP contribution in [0.4, 0.5) is 11.4 Å². The first-order chi connectivity index (χ1) is 15.7. The van der Waals surface area contributed by atoms with E-state index in [-0.39, 0.29) is 12.0 Å². The maximum Gasteiger partial charge on any atom is 0.279 e. The van der Waals surface area contributed by atoms with Crippen LogP contribution in [0, 0.1) is 0 Å². The lowest BCUT2D eigenvalue weighted by Crippen LogP contribution is -2.34. The number of likely N-dealkylation sites (N-methyl/N-ethyl adjacent to an activating group) is 1. The van der Waals surface area contributed by atoms with Gasteiger partial charge < -0.3 is 19.9 Å². The van der Waals surface area contributed by atoms with Crippen LogP contribution >= 0.6 is 0 Å². The molecule has 0 saturated heterocycles. The predicted octanol–water partition coefficient (Wildman–Crippen LogP) is 4.05. The second kappa shape index (κ2) is 10.4. The van der Waals surface area contributed by atoms with E-state index >= 15 is 0 Å². The van der Waals surface area contributed by atoms with Crippen molar-refractivity contribution in [3.8, 4) is 0 Å². The van der Waals surface area contributed by atoms with E-state index in [1.807, 2.05) is 73.6 Å². The van der Waals surface area contributed by atoms with Gasteiger partial charge in [-0.15, -0.1) is 0 Å². The Labute approximate surface area is 189 Å². The molecule has 166 valence electrons. The molecule has 1 N–H and O–H groups in total. The molecule has 1 aromatic heterocycles. The van der Waals surface area contributed by atoms with Crippen LogP contribution in [-0.4, -0.2) is 44.6 Å². The number of fused-ring (bicyclic) bond motifs is 1. The maximum absolute atomic E-state index is 13.3. The van der Waals surface area contributed by atoms with Crippen molar-refractivity contribution < 1.29 is 9.53 Å². The molecule has 3 aromatic rings. The van der Waals surface area contributed by atoms with Crippen molar-refractivity contribution in [3.05, 3.63) is 89.7 Å². The standard InChI is InChI=1S/C26H30N4O2/c1-27-15-13-24(21-9-4-3-5-10-21)32-19-20-8-6-11-22(18-20)30-17-16-29(2)23-12-7-14-28-25(23)26(30)31/h3-12,14,18,24,27H,13,15-17,19H2,1-2H3. The summed E-state index contributed by atoms with van der Waals surface area (Å²) in [7, 11) is 3.95. The summed E-state index contributed by atoms with van der Waals surface area (Å²) in [6, 6.07) is 22.2. The number of rotatable bonds is 8. The number of amides is 1. The molecule has 1 unspecified atom stereocenters. The first kappa shape index (κ1) is 22.0. The molecule has 2 heterocycles. The lowest BCUT2D eigenvalue weighted by molar-refractivity contribution is 0.0344. The van der Waals surface area contributed by atoms with Crippen molar-refractivity contribution in [3.63, 3.8) is 0 Å². The summed E-state index contributed by atoms with van der Waals surface area (Å²) in [5.74, 6) is -0.0702. The SMILES string of the molecule is CNCCC(OCc1cccc(N2CCN(C)c3cccnc3C2=O)c1)c1ccccc1. The van der Waals surface area contributed by atoms with Gasteiger partial charge in [0.2, 0.25) is 0 Å². The highest BCUT2D eigenvalue weighted by Crippen LogP contribution is 2.27. The molecule has 1 amide bonds. The Kier molecular flexibility index (Phi) is 7.14. The largest absolute Gasteiger partial charge is 0.371 e. The van der Waals surface area contributed by atoms with E-state index in [1.54, 1.807) is 6.20 Å². The molecule has 0 aliphatic carbocycles. The third-order valence-corrected chi connectivity index (χ3v) is 5.81. The summed E-state index contributed by atoms with van der Waals surface area (Å²) < 4.78 is 6.32. The van der Waals surface area contributed by atoms with Crippen LogP contribution in [0.1, 0.15) is 34.1 Å². The fraction of sp³-hybridized carbons (Fsp3) is 0.308. The minimum atomic E-state index is -0.0702. The molecule has 1 atom stereocenters. The molecule has 0 spiro atoms. The number of carbonyl (C=O) groups excluding carboxylic acids is 1. The van der Waals surface area contributed by atoms with E-state index in [4.69, 9.17) is 4.74 Å². The molecule has 0 saturated carbocycles. The Morgan fingerprint density at radius 3 is 2.72 bits per heavy atom. The van der Waals surface area contributed by atoms with Gasteiger partial charge in [0.1, 0.15) is 0 Å². The zero-order valence-electron chi connectivity index (χ0n) is 18.7. The van der Waals surface area contributed by atoms with Crippen molar-refractivity contribution in [2.24, 2.45) is 0 Å². The van der Waals surface area contributed by atoms with Gasteiger partial charge in [0.25, 0.3) is 5.91 Å². The first-order valence-electron chi connectivity index (χ1n) is 11.1. The Morgan fingerprint density at radius 2 is 1.91 bits per heavy atom. The number of hydrogen-bond acceptors (Lipinski definition) is 5. The molecule has 32 heavy (non-hydrogen) atoms. The van der Waals surface area contributed by atoms with Gasteiger partial charge in [0.15, 0.2) is 5.69 Å². The molecule has 1 aliphatic rings. The predicted molar refractivity (Wildman–Crippen MR) is 128 cm³/mol. The number of ether oxygens (including phenoxy) is 1. The van der Waals surface area contributed by atoms with Crippen molar-refractivity contribution in [1.29, 1.82) is 0 Å². The second-order valence-corrected chi connectivity index (χ2v) is 8.02. The highest BCUT2D eigenvalue weighted by molar-refractivity contribution is 6.08. The summed E-state index contributed by atoms with van der Waals surface area (Å²) in [5.41, 5.74) is 4.45. The molecule has 1 aliphatic heterocycles. The van der Waals surface area contributed by atoms with E-state index in [1.165, 1.54) is 5.56 Å². The summed E-state index contributed by atoms with van der Waals surface area (Å²) in [6.07, 6.45) is 2.57. The van der Waals surface area contributed by atoms with Crippen LogP contribution < -0.4 is 15.1 Å². The van der Waals surface area contributed by atoms with Crippen LogP contribution in [0.3, 0.4) is 0 Å². The first-order valence-corrected chi connectivity index (χ1v) is 11.1. The summed E-state index contributed by atoms with van der Waals surface area (Å²) in [5, 5.41) is 3.21. The van der Waals surface area contributed by atoms with Crippen molar-refractivity contribution in [2.75, 3.05) is 43.5 Å². The number of pyridine rings is 1. The smallest absolute Gasteiger partial charge is 0.279 e. The van der Waals surface area contributed by atoms with Crippen LogP contribution in [0.25, 0.3) is 0 Å². The number of benzene rings is 2. The van der Waals surface area contributed by atoms with Gasteiger partial charge in [0.05, 0.1) is 18.4 Å². The monoisotopic (exact) mass is 430 g/mol. The van der Waals surface area contributed by atoms with E-state index in [9.17, 15) is 4.79 Å². The minimum Gasteiger partial charge on any atom is -0.371 e. The fourth-order valence-corrected chi connectivity index (χ4v) is 4.02. The Balaban J connectivity index is 1.51. The molecule has 4 rings (SSSR count). The van der Waals surface area contributed by atoms with Gasteiger partial charge in [-0.2, -0.15) is 0 Å². The number of hydrogen-bond donors (Lipinski definition) is 1. The number of nitrogens with one attached hydrogen (secondary N) is 1. The summed E-state index contributed by atoms with van der Waals surface area (Å²) in [6.45, 7) is 2.70. The third-order valence-electron chi connectivity index (χ3n) is 5.81. The Morgan fingerprint density at radius 1 is 1.06 bits per heavy atom. The summed E-state index contributed by atoms with van der Waals surface area (Å²) in [4.78, 5) is 21.5. The van der Waals surface area contributed by atoms with Gasteiger partial charge in [-0.25, -0.2) is 4.98 Å². The molecule has 2 aromatic carbocycles. The molecule has 0 radical (unpaired) electrons. The Bertz CT molecular complexity index is 1040. The van der Waals surface area contributed by atoms with Crippen molar-refractivity contribution >= 4 is 17.3 Å². The zero-order valence-corrected chi connectivity index (χ0v) is 18.7. The third kappa shape index (κ3) is 4.98. The number of anilines is 2. The molecular weight excluding hydrogens is 400 g/mol. The average molecular weight is 431 g/mol. The van der Waals surface area contributed by atoms with Crippen LogP contribution in [0.5, 0.6) is 0 Å². The molecule has 6 nitrogen and oxygen atoms in total. The average Bonchev–Trinajstić information content (AvgIpc) is 2.96. The fourth-order valence-electron chi connectivity index (χ4n) is 4.02. The van der Waals surface area contributed by atoms with Gasteiger partial charge in [-0.3, -0.25) is 4.79 Å².